The van der Waals surface area contributed by atoms with Gasteiger partial charge in [0.2, 0.25) is 0 Å². The predicted octanol–water partition coefficient (Wildman–Crippen LogP) is 3.59. The van der Waals surface area contributed by atoms with E-state index in [4.69, 9.17) is 10.5 Å². The number of Topliss-reactive ketones (excluding diaryl/α,β-unsaturated/α-hetero) is 1. The molecule has 1 amide bonds. The molecule has 0 bridgehead atoms. The molecule has 5 N–H and O–H groups in total. The second-order valence-electron chi connectivity index (χ2n) is 8.54. The van der Waals surface area contributed by atoms with Crippen molar-refractivity contribution in [2.75, 3.05) is 13.2 Å². The zero-order valence-corrected chi connectivity index (χ0v) is 20.3. The first-order valence-electron chi connectivity index (χ1n) is 11.5. The van der Waals surface area contributed by atoms with Crippen LogP contribution in [-0.2, 0) is 6.42 Å². The van der Waals surface area contributed by atoms with Crippen LogP contribution >= 0.6 is 0 Å². The van der Waals surface area contributed by atoms with Crippen LogP contribution in [0.2, 0.25) is 0 Å². The Morgan fingerprint density at radius 1 is 0.973 bits per heavy atom. The van der Waals surface area contributed by atoms with E-state index in [1.807, 2.05) is 0 Å². The Kier molecular flexibility index (Phi) is 8.84. The van der Waals surface area contributed by atoms with E-state index in [0.717, 1.165) is 11.1 Å². The molecule has 0 saturated heterocycles. The molecule has 0 saturated carbocycles. The number of carboxylic acid groups (broad SMARTS) is 1. The van der Waals surface area contributed by atoms with Crippen molar-refractivity contribution in [3.63, 3.8) is 0 Å². The summed E-state index contributed by atoms with van der Waals surface area (Å²) in [6, 6.07) is 16.3. The summed E-state index contributed by atoms with van der Waals surface area (Å²) in [7, 11) is 0. The molecule has 0 spiro atoms. The highest BCUT2D eigenvalue weighted by Crippen LogP contribution is 2.30. The van der Waals surface area contributed by atoms with Gasteiger partial charge in [0, 0.05) is 29.8 Å². The number of benzene rings is 3. The van der Waals surface area contributed by atoms with Crippen molar-refractivity contribution in [1.82, 2.24) is 5.32 Å². The van der Waals surface area contributed by atoms with Gasteiger partial charge in [-0.1, -0.05) is 55.1 Å². The van der Waals surface area contributed by atoms with E-state index < -0.39 is 24.6 Å². The van der Waals surface area contributed by atoms with E-state index in [1.54, 1.807) is 55.5 Å². The van der Waals surface area contributed by atoms with E-state index in [2.05, 4.69) is 11.9 Å². The molecule has 3 rings (SSSR count). The van der Waals surface area contributed by atoms with Crippen LogP contribution < -0.4 is 5.32 Å². The Hall–Kier alpha value is -4.40. The number of carbonyl (C=O) groups excluding carboxylic acids is 2. The molecule has 1 atom stereocenters. The average molecular weight is 501 g/mol. The fourth-order valence-electron chi connectivity index (χ4n) is 3.78. The minimum atomic E-state index is -1.27. The summed E-state index contributed by atoms with van der Waals surface area (Å²) in [5.41, 5.74) is 3.50. The van der Waals surface area contributed by atoms with Crippen LogP contribution in [0.4, 0.5) is 0 Å². The van der Waals surface area contributed by atoms with Gasteiger partial charge in [0.25, 0.3) is 5.91 Å². The van der Waals surface area contributed by atoms with Crippen molar-refractivity contribution in [3.05, 3.63) is 101 Å². The summed E-state index contributed by atoms with van der Waals surface area (Å²) in [5, 5.41) is 38.4. The molecule has 8 heteroatoms. The number of hydrogen-bond acceptors (Lipinski definition) is 6. The SMILES string of the molecule is C=Cc1ccc(-c2ccc(C(=O)NCC(O)CO)cc2C(=O)O)c(C(=O)Cc2ccc(C(C)=N)cc2)c1. The summed E-state index contributed by atoms with van der Waals surface area (Å²) in [6.45, 7) is 4.72. The van der Waals surface area contributed by atoms with Gasteiger partial charge >= 0.3 is 5.97 Å². The number of amides is 1. The number of ketones is 1. The zero-order valence-electron chi connectivity index (χ0n) is 20.3. The number of aromatic carboxylic acids is 1. The van der Waals surface area contributed by atoms with Crippen LogP contribution in [0.5, 0.6) is 0 Å². The third-order valence-corrected chi connectivity index (χ3v) is 5.84. The Labute approximate surface area is 214 Å². The molecule has 0 aromatic heterocycles. The lowest BCUT2D eigenvalue weighted by Gasteiger charge is -2.15. The Balaban J connectivity index is 2.00. The molecule has 8 nitrogen and oxygen atoms in total. The third kappa shape index (κ3) is 6.63. The highest BCUT2D eigenvalue weighted by molar-refractivity contribution is 6.08. The Bertz CT molecular complexity index is 1360. The van der Waals surface area contributed by atoms with Crippen molar-refractivity contribution < 1.29 is 29.7 Å². The molecule has 0 aliphatic carbocycles. The summed E-state index contributed by atoms with van der Waals surface area (Å²) in [6.07, 6.45) is 0.527. The standard InChI is InChI=1S/C29H28N2O6/c1-3-18-6-10-23(25(12-18)27(34)13-19-4-7-20(8-5-19)17(2)30)24-11-9-21(14-26(24)29(36)37)28(35)31-15-22(33)16-32/h3-12,14,22,30,32-33H,1,13,15-16H2,2H3,(H,31,35)(H,36,37). The van der Waals surface area contributed by atoms with Gasteiger partial charge in [0.1, 0.15) is 0 Å². The maximum absolute atomic E-state index is 13.4. The normalized spacial score (nSPS) is 11.4. The molecule has 0 radical (unpaired) electrons. The minimum Gasteiger partial charge on any atom is -0.478 e. The van der Waals surface area contributed by atoms with Crippen molar-refractivity contribution >= 4 is 29.4 Å². The fourth-order valence-corrected chi connectivity index (χ4v) is 3.78. The molecule has 0 heterocycles. The van der Waals surface area contributed by atoms with Gasteiger partial charge < -0.3 is 26.0 Å². The molecule has 3 aromatic carbocycles. The number of carboxylic acids is 1. The molecule has 0 aliphatic heterocycles. The highest BCUT2D eigenvalue weighted by Gasteiger charge is 2.21. The number of aliphatic hydroxyl groups excluding tert-OH is 2. The van der Waals surface area contributed by atoms with Crippen LogP contribution in [-0.4, -0.2) is 57.9 Å². The highest BCUT2D eigenvalue weighted by atomic mass is 16.4. The first-order chi connectivity index (χ1) is 17.6. The smallest absolute Gasteiger partial charge is 0.336 e. The van der Waals surface area contributed by atoms with Gasteiger partial charge in [0.15, 0.2) is 5.78 Å². The number of nitrogens with one attached hydrogen (secondary N) is 2. The second kappa shape index (κ2) is 12.0. The Morgan fingerprint density at radius 3 is 2.19 bits per heavy atom. The lowest BCUT2D eigenvalue weighted by Crippen LogP contribution is -2.34. The molecular formula is C29H28N2O6. The van der Waals surface area contributed by atoms with E-state index in [0.29, 0.717) is 22.4 Å². The first-order valence-corrected chi connectivity index (χ1v) is 11.5. The van der Waals surface area contributed by atoms with Gasteiger partial charge in [-0.3, -0.25) is 9.59 Å². The molecular weight excluding hydrogens is 472 g/mol. The number of aliphatic hydroxyl groups is 2. The lowest BCUT2D eigenvalue weighted by molar-refractivity contribution is 0.0697. The van der Waals surface area contributed by atoms with Crippen LogP contribution in [0.15, 0.2) is 67.2 Å². The molecule has 1 unspecified atom stereocenters. The van der Waals surface area contributed by atoms with Crippen molar-refractivity contribution in [2.45, 2.75) is 19.4 Å². The molecule has 3 aromatic rings. The van der Waals surface area contributed by atoms with Gasteiger partial charge in [-0.25, -0.2) is 4.79 Å². The summed E-state index contributed by atoms with van der Waals surface area (Å²) >= 11 is 0. The lowest BCUT2D eigenvalue weighted by atomic mass is 9.89. The Morgan fingerprint density at radius 2 is 1.59 bits per heavy atom. The molecule has 0 fully saturated rings. The summed E-state index contributed by atoms with van der Waals surface area (Å²) < 4.78 is 0. The van der Waals surface area contributed by atoms with Crippen LogP contribution in [0.25, 0.3) is 17.2 Å². The number of rotatable bonds is 11. The van der Waals surface area contributed by atoms with Crippen LogP contribution in [0, 0.1) is 5.41 Å². The van der Waals surface area contributed by atoms with Gasteiger partial charge in [-0.2, -0.15) is 0 Å². The second-order valence-corrected chi connectivity index (χ2v) is 8.54. The van der Waals surface area contributed by atoms with Crippen LogP contribution in [0.3, 0.4) is 0 Å². The predicted molar refractivity (Wildman–Crippen MR) is 141 cm³/mol. The maximum Gasteiger partial charge on any atom is 0.336 e. The molecule has 0 aliphatic rings. The van der Waals surface area contributed by atoms with Gasteiger partial charge in [-0.05, 0) is 52.9 Å². The largest absolute Gasteiger partial charge is 0.478 e. The van der Waals surface area contributed by atoms with Gasteiger partial charge in [0.05, 0.1) is 18.3 Å². The van der Waals surface area contributed by atoms with Crippen molar-refractivity contribution in [2.24, 2.45) is 0 Å². The van der Waals surface area contributed by atoms with Gasteiger partial charge in [-0.15, -0.1) is 0 Å². The number of hydrogen-bond donors (Lipinski definition) is 5. The van der Waals surface area contributed by atoms with E-state index >= 15 is 0 Å². The van der Waals surface area contributed by atoms with Crippen molar-refractivity contribution in [1.29, 1.82) is 5.41 Å². The topological polar surface area (TPSA) is 148 Å². The van der Waals surface area contributed by atoms with E-state index in [-0.39, 0.29) is 35.4 Å². The average Bonchev–Trinajstić information content (AvgIpc) is 2.90. The monoisotopic (exact) mass is 500 g/mol. The third-order valence-electron chi connectivity index (χ3n) is 5.84. The molecule has 190 valence electrons. The minimum absolute atomic E-state index is 0.0588. The molecule has 37 heavy (non-hydrogen) atoms. The zero-order chi connectivity index (χ0) is 27.1. The van der Waals surface area contributed by atoms with E-state index in [1.165, 1.54) is 18.2 Å². The quantitative estimate of drug-likeness (QED) is 0.201. The summed E-state index contributed by atoms with van der Waals surface area (Å²) in [5.74, 6) is -2.11. The summed E-state index contributed by atoms with van der Waals surface area (Å²) in [4.78, 5) is 38.0. The van der Waals surface area contributed by atoms with Crippen molar-refractivity contribution in [3.8, 4) is 11.1 Å². The fraction of sp³-hybridized carbons (Fsp3) is 0.172. The first kappa shape index (κ1) is 27.2. The van der Waals surface area contributed by atoms with E-state index in [9.17, 15) is 24.6 Å². The number of carbonyl (C=O) groups is 3. The maximum atomic E-state index is 13.4. The van der Waals surface area contributed by atoms with Crippen LogP contribution in [0.1, 0.15) is 54.7 Å².